The first-order chi connectivity index (χ1) is 17.7. The summed E-state index contributed by atoms with van der Waals surface area (Å²) in [5.74, 6) is 2.52. The minimum Gasteiger partial charge on any atom is -0.474 e. The van der Waals surface area contributed by atoms with Gasteiger partial charge in [0.2, 0.25) is 5.88 Å². The number of fused-ring (bicyclic) bond motifs is 2. The van der Waals surface area contributed by atoms with Crippen LogP contribution >= 0.6 is 0 Å². The summed E-state index contributed by atoms with van der Waals surface area (Å²) in [5, 5.41) is 0. The van der Waals surface area contributed by atoms with Crippen molar-refractivity contribution in [2.75, 3.05) is 39.4 Å². The van der Waals surface area contributed by atoms with Gasteiger partial charge in [0.05, 0.1) is 18.7 Å². The fraction of sp³-hybridized carbons (Fsp3) is 0.571. The van der Waals surface area contributed by atoms with E-state index in [2.05, 4.69) is 26.9 Å². The lowest BCUT2D eigenvalue weighted by atomic mass is 10.0. The molecule has 5 heterocycles. The van der Waals surface area contributed by atoms with Crippen LogP contribution in [0.1, 0.15) is 48.3 Å². The van der Waals surface area contributed by atoms with Crippen molar-refractivity contribution in [3.05, 3.63) is 57.7 Å². The standard InChI is InChI=1S/C28H34N4O4/c33-28-30-25-4-1-18(10-26(25)36-28)12-31-14-21-16-32(17-22(21)15-31)13-19-9-24(20-2-3-20)27(29-11-19)35-23-5-7-34-8-6-23/h1,4,9-11,20-23H,2-3,5-8,12-17H2,(H,30,33)/t21-,22-/m0/s1. The number of pyridine rings is 1. The molecule has 3 aliphatic heterocycles. The molecule has 8 heteroatoms. The maximum Gasteiger partial charge on any atom is 0.417 e. The number of hydrogen-bond donors (Lipinski definition) is 1. The molecule has 190 valence electrons. The molecular weight excluding hydrogens is 456 g/mol. The molecule has 0 unspecified atom stereocenters. The molecule has 3 aromatic rings. The van der Waals surface area contributed by atoms with Gasteiger partial charge in [0.15, 0.2) is 5.58 Å². The number of oxazole rings is 1. The second kappa shape index (κ2) is 9.32. The Morgan fingerprint density at radius 1 is 0.944 bits per heavy atom. The number of nitrogens with one attached hydrogen (secondary N) is 1. The molecule has 4 aliphatic rings. The molecule has 1 aliphatic carbocycles. The molecule has 1 aromatic carbocycles. The summed E-state index contributed by atoms with van der Waals surface area (Å²) >= 11 is 0. The van der Waals surface area contributed by atoms with E-state index < -0.39 is 0 Å². The SMILES string of the molecule is O=c1[nH]c2ccc(CN3C[C@H]4CN(Cc5cnc(OC6CCOCC6)c(C6CC6)c5)C[C@@H]4C3)cc2o1. The van der Waals surface area contributed by atoms with Crippen molar-refractivity contribution in [3.63, 3.8) is 0 Å². The lowest BCUT2D eigenvalue weighted by molar-refractivity contribution is 0.0233. The second-order valence-corrected chi connectivity index (χ2v) is 11.2. The predicted molar refractivity (Wildman–Crippen MR) is 135 cm³/mol. The first kappa shape index (κ1) is 22.5. The zero-order chi connectivity index (χ0) is 24.1. The van der Waals surface area contributed by atoms with Crippen LogP contribution in [0.15, 0.2) is 39.7 Å². The smallest absolute Gasteiger partial charge is 0.417 e. The lowest BCUT2D eigenvalue weighted by Gasteiger charge is -2.24. The highest BCUT2D eigenvalue weighted by molar-refractivity contribution is 5.72. The van der Waals surface area contributed by atoms with Gasteiger partial charge in [-0.15, -0.1) is 0 Å². The Hall–Kier alpha value is -2.68. The minimum absolute atomic E-state index is 0.235. The number of aromatic amines is 1. The van der Waals surface area contributed by atoms with Gasteiger partial charge in [-0.2, -0.15) is 0 Å². The van der Waals surface area contributed by atoms with E-state index >= 15 is 0 Å². The quantitative estimate of drug-likeness (QED) is 0.543. The highest BCUT2D eigenvalue weighted by Crippen LogP contribution is 2.44. The number of nitrogens with zero attached hydrogens (tertiary/aromatic N) is 3. The van der Waals surface area contributed by atoms with E-state index in [4.69, 9.17) is 18.9 Å². The Bertz CT molecular complexity index is 1280. The van der Waals surface area contributed by atoms with Gasteiger partial charge >= 0.3 is 5.76 Å². The minimum atomic E-state index is -0.390. The van der Waals surface area contributed by atoms with Gasteiger partial charge in [-0.1, -0.05) is 6.07 Å². The lowest BCUT2D eigenvalue weighted by Crippen LogP contribution is -2.28. The monoisotopic (exact) mass is 490 g/mol. The van der Waals surface area contributed by atoms with Gasteiger partial charge in [0.1, 0.15) is 6.10 Å². The highest BCUT2D eigenvalue weighted by atomic mass is 16.5. The topological polar surface area (TPSA) is 83.8 Å². The van der Waals surface area contributed by atoms with Crippen LogP contribution in [0.3, 0.4) is 0 Å². The average Bonchev–Trinajstić information content (AvgIpc) is 3.41. The second-order valence-electron chi connectivity index (χ2n) is 11.2. The van der Waals surface area contributed by atoms with Crippen molar-refractivity contribution in [2.24, 2.45) is 11.8 Å². The largest absolute Gasteiger partial charge is 0.474 e. The van der Waals surface area contributed by atoms with E-state index in [0.717, 1.165) is 76.7 Å². The molecule has 1 saturated carbocycles. The Balaban J connectivity index is 0.959. The molecule has 7 rings (SSSR count). The third-order valence-corrected chi connectivity index (χ3v) is 8.33. The molecule has 0 spiro atoms. The van der Waals surface area contributed by atoms with E-state index in [-0.39, 0.29) is 11.9 Å². The van der Waals surface area contributed by atoms with Crippen LogP contribution in [-0.4, -0.2) is 65.3 Å². The fourth-order valence-corrected chi connectivity index (χ4v) is 6.39. The molecule has 2 atom stereocenters. The highest BCUT2D eigenvalue weighted by Gasteiger charge is 2.40. The van der Waals surface area contributed by atoms with E-state index in [0.29, 0.717) is 23.3 Å². The maximum absolute atomic E-state index is 11.4. The van der Waals surface area contributed by atoms with Crippen LogP contribution in [-0.2, 0) is 17.8 Å². The summed E-state index contributed by atoms with van der Waals surface area (Å²) in [6.07, 6.45) is 6.69. The third kappa shape index (κ3) is 4.69. The zero-order valence-electron chi connectivity index (χ0n) is 20.7. The molecule has 1 N–H and O–H groups in total. The molecule has 0 radical (unpaired) electrons. The molecule has 36 heavy (non-hydrogen) atoms. The Morgan fingerprint density at radius 3 is 2.39 bits per heavy atom. The number of rotatable bonds is 7. The fourth-order valence-electron chi connectivity index (χ4n) is 6.39. The summed E-state index contributed by atoms with van der Waals surface area (Å²) in [6.45, 7) is 7.99. The Labute approximate surface area is 210 Å². The number of aromatic nitrogens is 2. The Kier molecular flexibility index (Phi) is 5.83. The van der Waals surface area contributed by atoms with Crippen molar-refractivity contribution >= 4 is 11.1 Å². The van der Waals surface area contributed by atoms with E-state index in [1.165, 1.54) is 29.5 Å². The van der Waals surface area contributed by atoms with Crippen molar-refractivity contribution in [3.8, 4) is 5.88 Å². The Morgan fingerprint density at radius 2 is 1.67 bits per heavy atom. The molecule has 2 aromatic heterocycles. The number of likely N-dealkylation sites (tertiary alicyclic amines) is 2. The summed E-state index contributed by atoms with van der Waals surface area (Å²) in [6, 6.07) is 8.40. The van der Waals surface area contributed by atoms with Crippen LogP contribution in [0, 0.1) is 11.8 Å². The van der Waals surface area contributed by atoms with Crippen molar-refractivity contribution in [1.29, 1.82) is 0 Å². The first-order valence-electron chi connectivity index (χ1n) is 13.5. The predicted octanol–water partition coefficient (Wildman–Crippen LogP) is 3.52. The number of H-pyrrole nitrogens is 1. The molecule has 0 amide bonds. The van der Waals surface area contributed by atoms with E-state index in [1.807, 2.05) is 18.3 Å². The van der Waals surface area contributed by atoms with Crippen LogP contribution in [0.2, 0.25) is 0 Å². The van der Waals surface area contributed by atoms with Crippen molar-refractivity contribution in [1.82, 2.24) is 19.8 Å². The first-order valence-corrected chi connectivity index (χ1v) is 13.5. The van der Waals surface area contributed by atoms with Gasteiger partial charge in [0.25, 0.3) is 0 Å². The zero-order valence-corrected chi connectivity index (χ0v) is 20.7. The summed E-state index contributed by atoms with van der Waals surface area (Å²) in [4.78, 5) is 24.1. The number of hydrogen-bond acceptors (Lipinski definition) is 7. The van der Waals surface area contributed by atoms with Crippen LogP contribution in [0.25, 0.3) is 11.1 Å². The average molecular weight is 491 g/mol. The normalized spacial score (nSPS) is 25.6. The van der Waals surface area contributed by atoms with Gasteiger partial charge in [-0.05, 0) is 59.9 Å². The molecule has 4 fully saturated rings. The molecular formula is C28H34N4O4. The van der Waals surface area contributed by atoms with Crippen molar-refractivity contribution in [2.45, 2.75) is 50.8 Å². The van der Waals surface area contributed by atoms with Crippen molar-refractivity contribution < 1.29 is 13.9 Å². The van der Waals surface area contributed by atoms with Gasteiger partial charge in [0, 0.05) is 63.9 Å². The molecule has 0 bridgehead atoms. The third-order valence-electron chi connectivity index (χ3n) is 8.33. The maximum atomic E-state index is 11.4. The van der Waals surface area contributed by atoms with E-state index in [1.54, 1.807) is 0 Å². The summed E-state index contributed by atoms with van der Waals surface area (Å²) < 4.78 is 17.0. The van der Waals surface area contributed by atoms with Crippen LogP contribution in [0.4, 0.5) is 0 Å². The molecule has 3 saturated heterocycles. The van der Waals surface area contributed by atoms with E-state index in [9.17, 15) is 4.79 Å². The van der Waals surface area contributed by atoms with Crippen LogP contribution in [0.5, 0.6) is 5.88 Å². The van der Waals surface area contributed by atoms with Gasteiger partial charge in [-0.25, -0.2) is 9.78 Å². The van der Waals surface area contributed by atoms with Gasteiger partial charge < -0.3 is 13.9 Å². The number of ether oxygens (including phenoxy) is 2. The van der Waals surface area contributed by atoms with Crippen LogP contribution < -0.4 is 10.5 Å². The molecule has 8 nitrogen and oxygen atoms in total. The summed E-state index contributed by atoms with van der Waals surface area (Å²) in [7, 11) is 0. The number of benzene rings is 1. The van der Waals surface area contributed by atoms with Gasteiger partial charge in [-0.3, -0.25) is 14.8 Å². The summed E-state index contributed by atoms with van der Waals surface area (Å²) in [5.41, 5.74) is 5.24.